The van der Waals surface area contributed by atoms with Gasteiger partial charge in [0.2, 0.25) is 5.16 Å². The average Bonchev–Trinajstić information content (AvgIpc) is 3.03. The lowest BCUT2D eigenvalue weighted by Gasteiger charge is -2.06. The SMILES string of the molecule is Clc1ccccc1OCCSc1n[nH]c(-c2ccccc2)n1. The predicted molar refractivity (Wildman–Crippen MR) is 89.5 cm³/mol. The summed E-state index contributed by atoms with van der Waals surface area (Å²) >= 11 is 7.57. The summed E-state index contributed by atoms with van der Waals surface area (Å²) in [6, 6.07) is 17.4. The molecule has 0 atom stereocenters. The quantitative estimate of drug-likeness (QED) is 0.540. The van der Waals surface area contributed by atoms with Crippen LogP contribution in [0.15, 0.2) is 59.8 Å². The zero-order valence-electron chi connectivity index (χ0n) is 11.7. The number of nitrogens with zero attached hydrogens (tertiary/aromatic N) is 2. The summed E-state index contributed by atoms with van der Waals surface area (Å²) in [5.41, 5.74) is 1.02. The number of benzene rings is 2. The number of ether oxygens (including phenoxy) is 1. The lowest BCUT2D eigenvalue weighted by atomic mass is 10.2. The van der Waals surface area contributed by atoms with Gasteiger partial charge in [-0.2, -0.15) is 0 Å². The molecule has 6 heteroatoms. The fourth-order valence-electron chi connectivity index (χ4n) is 1.88. The maximum atomic E-state index is 6.03. The molecule has 0 amide bonds. The Labute approximate surface area is 137 Å². The van der Waals surface area contributed by atoms with Gasteiger partial charge in [-0.05, 0) is 12.1 Å². The van der Waals surface area contributed by atoms with Crippen molar-refractivity contribution in [2.24, 2.45) is 0 Å². The van der Waals surface area contributed by atoms with E-state index in [0.29, 0.717) is 22.5 Å². The van der Waals surface area contributed by atoms with Gasteiger partial charge in [0, 0.05) is 11.3 Å². The molecule has 1 aromatic heterocycles. The van der Waals surface area contributed by atoms with Crippen molar-refractivity contribution in [3.05, 3.63) is 59.6 Å². The molecule has 0 saturated heterocycles. The third-order valence-corrected chi connectivity index (χ3v) is 4.04. The molecular weight excluding hydrogens is 318 g/mol. The predicted octanol–water partition coefficient (Wildman–Crippen LogP) is 4.30. The van der Waals surface area contributed by atoms with Gasteiger partial charge in [0.25, 0.3) is 0 Å². The lowest BCUT2D eigenvalue weighted by molar-refractivity contribution is 0.344. The van der Waals surface area contributed by atoms with E-state index in [-0.39, 0.29) is 0 Å². The molecule has 0 aliphatic rings. The van der Waals surface area contributed by atoms with Gasteiger partial charge in [0.1, 0.15) is 5.75 Å². The molecule has 0 spiro atoms. The van der Waals surface area contributed by atoms with E-state index in [1.165, 1.54) is 11.8 Å². The lowest BCUT2D eigenvalue weighted by Crippen LogP contribution is -2.00. The number of aromatic nitrogens is 3. The Balaban J connectivity index is 1.51. The maximum Gasteiger partial charge on any atom is 0.208 e. The third-order valence-electron chi connectivity index (χ3n) is 2.92. The molecule has 1 N–H and O–H groups in total. The summed E-state index contributed by atoms with van der Waals surface area (Å²) in [6.45, 7) is 0.545. The van der Waals surface area contributed by atoms with Crippen molar-refractivity contribution >= 4 is 23.4 Å². The van der Waals surface area contributed by atoms with Crippen LogP contribution in [0.25, 0.3) is 11.4 Å². The summed E-state index contributed by atoms with van der Waals surface area (Å²) in [7, 11) is 0. The third kappa shape index (κ3) is 3.81. The molecule has 112 valence electrons. The van der Waals surface area contributed by atoms with E-state index in [2.05, 4.69) is 15.2 Å². The van der Waals surface area contributed by atoms with Gasteiger partial charge in [-0.15, -0.1) is 5.10 Å². The van der Waals surface area contributed by atoms with Crippen molar-refractivity contribution in [1.82, 2.24) is 15.2 Å². The van der Waals surface area contributed by atoms with Crippen molar-refractivity contribution in [2.75, 3.05) is 12.4 Å². The van der Waals surface area contributed by atoms with Gasteiger partial charge >= 0.3 is 0 Å². The van der Waals surface area contributed by atoms with Crippen LogP contribution >= 0.6 is 23.4 Å². The van der Waals surface area contributed by atoms with Crippen LogP contribution < -0.4 is 4.74 Å². The van der Waals surface area contributed by atoms with Crippen LogP contribution in [0.3, 0.4) is 0 Å². The van der Waals surface area contributed by atoms with Gasteiger partial charge in [-0.3, -0.25) is 5.10 Å². The van der Waals surface area contributed by atoms with E-state index in [1.54, 1.807) is 0 Å². The first-order valence-corrected chi connectivity index (χ1v) is 8.17. The molecule has 0 unspecified atom stereocenters. The number of nitrogens with one attached hydrogen (secondary N) is 1. The Bertz CT molecular complexity index is 733. The van der Waals surface area contributed by atoms with Crippen LogP contribution in [0.5, 0.6) is 5.75 Å². The molecule has 22 heavy (non-hydrogen) atoms. The standard InChI is InChI=1S/C16H14ClN3OS/c17-13-8-4-5-9-14(13)21-10-11-22-16-18-15(19-20-16)12-6-2-1-3-7-12/h1-9H,10-11H2,(H,18,19,20). The average molecular weight is 332 g/mol. The molecule has 1 heterocycles. The zero-order chi connectivity index (χ0) is 15.2. The molecule has 2 aromatic carbocycles. The zero-order valence-corrected chi connectivity index (χ0v) is 13.3. The normalized spacial score (nSPS) is 10.6. The van der Waals surface area contributed by atoms with Crippen LogP contribution in [0.2, 0.25) is 5.02 Å². The van der Waals surface area contributed by atoms with E-state index >= 15 is 0 Å². The van der Waals surface area contributed by atoms with Crippen molar-refractivity contribution in [2.45, 2.75) is 5.16 Å². The second-order valence-electron chi connectivity index (χ2n) is 4.46. The summed E-state index contributed by atoms with van der Waals surface area (Å²) in [5.74, 6) is 2.22. The second kappa shape index (κ2) is 7.33. The minimum Gasteiger partial charge on any atom is -0.491 e. The van der Waals surface area contributed by atoms with E-state index in [9.17, 15) is 0 Å². The summed E-state index contributed by atoms with van der Waals surface area (Å²) in [5, 5.41) is 8.48. The topological polar surface area (TPSA) is 50.8 Å². The van der Waals surface area contributed by atoms with Crippen LogP contribution in [-0.4, -0.2) is 27.5 Å². The Kier molecular flexibility index (Phi) is 4.98. The Morgan fingerprint density at radius 2 is 1.82 bits per heavy atom. The van der Waals surface area contributed by atoms with Gasteiger partial charge in [-0.1, -0.05) is 65.8 Å². The molecule has 4 nitrogen and oxygen atoms in total. The fourth-order valence-corrected chi connectivity index (χ4v) is 2.69. The first-order valence-electron chi connectivity index (χ1n) is 6.81. The Hall–Kier alpha value is -1.98. The van der Waals surface area contributed by atoms with Crippen molar-refractivity contribution in [1.29, 1.82) is 0 Å². The van der Waals surface area contributed by atoms with Gasteiger partial charge in [0.05, 0.1) is 11.6 Å². The van der Waals surface area contributed by atoms with Crippen molar-refractivity contribution in [3.63, 3.8) is 0 Å². The second-order valence-corrected chi connectivity index (χ2v) is 5.93. The first kappa shape index (κ1) is 14.9. The smallest absolute Gasteiger partial charge is 0.208 e. The number of thioether (sulfide) groups is 1. The number of hydrogen-bond acceptors (Lipinski definition) is 4. The molecule has 0 saturated carbocycles. The minimum atomic E-state index is 0.545. The number of H-pyrrole nitrogens is 1. The Morgan fingerprint density at radius 3 is 2.64 bits per heavy atom. The molecule has 0 fully saturated rings. The van der Waals surface area contributed by atoms with Crippen molar-refractivity contribution in [3.8, 4) is 17.1 Å². The molecule has 0 aliphatic heterocycles. The van der Waals surface area contributed by atoms with Crippen LogP contribution in [0.4, 0.5) is 0 Å². The molecule has 0 bridgehead atoms. The maximum absolute atomic E-state index is 6.03. The van der Waals surface area contributed by atoms with E-state index in [4.69, 9.17) is 16.3 Å². The first-order chi connectivity index (χ1) is 10.8. The van der Waals surface area contributed by atoms with Crippen molar-refractivity contribution < 1.29 is 4.74 Å². The molecular formula is C16H14ClN3OS. The van der Waals surface area contributed by atoms with Crippen LogP contribution in [0, 0.1) is 0 Å². The highest BCUT2D eigenvalue weighted by Gasteiger charge is 2.06. The van der Waals surface area contributed by atoms with Crippen LogP contribution in [0.1, 0.15) is 0 Å². The molecule has 3 rings (SSSR count). The highest BCUT2D eigenvalue weighted by atomic mass is 35.5. The monoisotopic (exact) mass is 331 g/mol. The largest absolute Gasteiger partial charge is 0.491 e. The van der Waals surface area contributed by atoms with Gasteiger partial charge in [0.15, 0.2) is 5.82 Å². The van der Waals surface area contributed by atoms with Gasteiger partial charge in [-0.25, -0.2) is 4.98 Å². The van der Waals surface area contributed by atoms with Crippen LogP contribution in [-0.2, 0) is 0 Å². The number of aromatic amines is 1. The molecule has 3 aromatic rings. The number of rotatable bonds is 6. The summed E-state index contributed by atoms with van der Waals surface area (Å²) in [4.78, 5) is 4.46. The van der Waals surface area contributed by atoms with E-state index < -0.39 is 0 Å². The van der Waals surface area contributed by atoms with Gasteiger partial charge < -0.3 is 4.74 Å². The number of halogens is 1. The fraction of sp³-hybridized carbons (Fsp3) is 0.125. The Morgan fingerprint density at radius 1 is 1.05 bits per heavy atom. The highest BCUT2D eigenvalue weighted by molar-refractivity contribution is 7.99. The molecule has 0 radical (unpaired) electrons. The number of hydrogen-bond donors (Lipinski definition) is 1. The number of para-hydroxylation sites is 1. The highest BCUT2D eigenvalue weighted by Crippen LogP contribution is 2.24. The molecule has 0 aliphatic carbocycles. The van der Waals surface area contributed by atoms with E-state index in [0.717, 1.165) is 17.1 Å². The summed E-state index contributed by atoms with van der Waals surface area (Å²) < 4.78 is 5.63. The van der Waals surface area contributed by atoms with E-state index in [1.807, 2.05) is 54.6 Å². The summed E-state index contributed by atoms with van der Waals surface area (Å²) in [6.07, 6.45) is 0. The minimum absolute atomic E-state index is 0.545.